The molecule has 0 saturated carbocycles. The molecule has 21 heavy (non-hydrogen) atoms. The number of benzene rings is 1. The maximum atomic E-state index is 11.9. The average molecular weight is 290 g/mol. The van der Waals surface area contributed by atoms with Crippen molar-refractivity contribution in [2.45, 2.75) is 13.0 Å². The molecule has 1 aromatic heterocycles. The zero-order valence-corrected chi connectivity index (χ0v) is 11.5. The van der Waals surface area contributed by atoms with Crippen molar-refractivity contribution in [1.29, 1.82) is 0 Å². The van der Waals surface area contributed by atoms with Gasteiger partial charge in [-0.2, -0.15) is 0 Å². The number of imide groups is 1. The molecule has 0 fully saturated rings. The summed E-state index contributed by atoms with van der Waals surface area (Å²) in [5.74, 6) is -1.44. The number of amides is 2. The van der Waals surface area contributed by atoms with E-state index in [2.05, 4.69) is 9.72 Å². The Balaban J connectivity index is 2.03. The molecule has 0 aliphatic heterocycles. The molecule has 2 rings (SSSR count). The van der Waals surface area contributed by atoms with E-state index >= 15 is 0 Å². The average Bonchev–Trinajstić information content (AvgIpc) is 2.90. The van der Waals surface area contributed by atoms with E-state index in [4.69, 9.17) is 4.74 Å². The summed E-state index contributed by atoms with van der Waals surface area (Å²) < 4.78 is 9.27. The molecule has 0 spiro atoms. The van der Waals surface area contributed by atoms with Crippen molar-refractivity contribution in [3.05, 3.63) is 36.0 Å². The van der Waals surface area contributed by atoms with Gasteiger partial charge in [0.1, 0.15) is 5.69 Å². The number of nitrogens with one attached hydrogen (secondary N) is 2. The Morgan fingerprint density at radius 1 is 1.24 bits per heavy atom. The van der Waals surface area contributed by atoms with Crippen LogP contribution in [0, 0.1) is 0 Å². The zero-order chi connectivity index (χ0) is 15.4. The molecule has 0 unspecified atom stereocenters. The van der Waals surface area contributed by atoms with Gasteiger partial charge in [-0.3, -0.25) is 10.1 Å². The minimum atomic E-state index is -1.12. The summed E-state index contributed by atoms with van der Waals surface area (Å²) in [6.07, 6.45) is -2.03. The highest BCUT2D eigenvalue weighted by atomic mass is 16.6. The second kappa shape index (κ2) is 6.08. The number of aromatic nitrogens is 1. The number of alkyl carbamates (subject to hydrolysis) is 1. The highest BCUT2D eigenvalue weighted by molar-refractivity contribution is 5.98. The number of carbonyl (C=O) groups is 3. The maximum absolute atomic E-state index is 11.9. The van der Waals surface area contributed by atoms with Crippen LogP contribution in [0.2, 0.25) is 0 Å². The molecule has 7 heteroatoms. The monoisotopic (exact) mass is 290 g/mol. The van der Waals surface area contributed by atoms with Crippen LogP contribution in [-0.4, -0.2) is 36.2 Å². The quantitative estimate of drug-likeness (QED) is 0.837. The van der Waals surface area contributed by atoms with Crippen LogP contribution in [-0.2, 0) is 14.3 Å². The smallest absolute Gasteiger partial charge is 0.413 e. The van der Waals surface area contributed by atoms with Crippen molar-refractivity contribution in [3.63, 3.8) is 0 Å². The third-order valence-corrected chi connectivity index (χ3v) is 2.81. The lowest BCUT2D eigenvalue weighted by atomic mass is 10.2. The third kappa shape index (κ3) is 3.38. The van der Waals surface area contributed by atoms with Crippen LogP contribution < -0.4 is 5.32 Å². The number of hydrogen-bond acceptors (Lipinski definition) is 5. The number of aromatic amines is 1. The molecule has 2 N–H and O–H groups in total. The van der Waals surface area contributed by atoms with Crippen molar-refractivity contribution in [2.24, 2.45) is 0 Å². The molecule has 7 nitrogen and oxygen atoms in total. The van der Waals surface area contributed by atoms with Crippen LogP contribution >= 0.6 is 0 Å². The number of ether oxygens (including phenoxy) is 2. The molecule has 1 heterocycles. The van der Waals surface area contributed by atoms with E-state index in [-0.39, 0.29) is 5.69 Å². The number of fused-ring (bicyclic) bond motifs is 1. The van der Waals surface area contributed by atoms with Gasteiger partial charge >= 0.3 is 12.1 Å². The van der Waals surface area contributed by atoms with Crippen LogP contribution in [0.25, 0.3) is 10.9 Å². The number of hydrogen-bond donors (Lipinski definition) is 2. The van der Waals surface area contributed by atoms with Crippen LogP contribution in [0.4, 0.5) is 4.79 Å². The molecular weight excluding hydrogens is 276 g/mol. The Labute approximate surface area is 120 Å². The van der Waals surface area contributed by atoms with Gasteiger partial charge in [-0.1, -0.05) is 18.2 Å². The van der Waals surface area contributed by atoms with Crippen molar-refractivity contribution in [1.82, 2.24) is 10.3 Å². The first kappa shape index (κ1) is 14.6. The van der Waals surface area contributed by atoms with E-state index in [0.29, 0.717) is 0 Å². The minimum Gasteiger partial charge on any atom is -0.453 e. The largest absolute Gasteiger partial charge is 0.453 e. The molecule has 0 aliphatic carbocycles. The standard InChI is InChI=1S/C14H14N2O5/c1-8(12(17)16-14(19)20-2)21-13(18)11-7-9-5-3-4-6-10(9)15-11/h3-8,15H,1-2H3,(H,16,17,19)/t8-/m1/s1. The Bertz CT molecular complexity index is 658. The predicted molar refractivity (Wildman–Crippen MR) is 73.7 cm³/mol. The highest BCUT2D eigenvalue weighted by Crippen LogP contribution is 2.15. The van der Waals surface area contributed by atoms with Gasteiger partial charge in [0.2, 0.25) is 0 Å². The zero-order valence-electron chi connectivity index (χ0n) is 11.5. The summed E-state index contributed by atoms with van der Waals surface area (Å²) in [6.45, 7) is 1.36. The van der Waals surface area contributed by atoms with Crippen molar-refractivity contribution in [2.75, 3.05) is 7.11 Å². The van der Waals surface area contributed by atoms with E-state index in [9.17, 15) is 14.4 Å². The van der Waals surface area contributed by atoms with Crippen molar-refractivity contribution < 1.29 is 23.9 Å². The molecule has 1 atom stereocenters. The lowest BCUT2D eigenvalue weighted by molar-refractivity contribution is -0.128. The molecule has 0 bridgehead atoms. The van der Waals surface area contributed by atoms with Crippen LogP contribution in [0.5, 0.6) is 0 Å². The predicted octanol–water partition coefficient (Wildman–Crippen LogP) is 1.60. The summed E-state index contributed by atoms with van der Waals surface area (Å²) in [7, 11) is 1.13. The van der Waals surface area contributed by atoms with Crippen LogP contribution in [0.1, 0.15) is 17.4 Å². The lowest BCUT2D eigenvalue weighted by Crippen LogP contribution is -2.39. The Kier molecular flexibility index (Phi) is 4.22. The molecule has 0 radical (unpaired) electrons. The van der Waals surface area contributed by atoms with Crippen LogP contribution in [0.3, 0.4) is 0 Å². The van der Waals surface area contributed by atoms with Crippen LogP contribution in [0.15, 0.2) is 30.3 Å². The van der Waals surface area contributed by atoms with Gasteiger partial charge in [0.05, 0.1) is 7.11 Å². The Hall–Kier alpha value is -2.83. The highest BCUT2D eigenvalue weighted by Gasteiger charge is 2.21. The fourth-order valence-electron chi connectivity index (χ4n) is 1.71. The van der Waals surface area contributed by atoms with Gasteiger partial charge in [0.15, 0.2) is 6.10 Å². The molecule has 2 amide bonds. The second-order valence-electron chi connectivity index (χ2n) is 4.30. The van der Waals surface area contributed by atoms with E-state index in [1.54, 1.807) is 6.07 Å². The molecular formula is C14H14N2O5. The van der Waals surface area contributed by atoms with Gasteiger partial charge in [-0.05, 0) is 19.1 Å². The van der Waals surface area contributed by atoms with E-state index in [0.717, 1.165) is 18.0 Å². The van der Waals surface area contributed by atoms with Gasteiger partial charge in [0, 0.05) is 10.9 Å². The fraction of sp³-hybridized carbons (Fsp3) is 0.214. The topological polar surface area (TPSA) is 97.5 Å². The fourth-order valence-corrected chi connectivity index (χ4v) is 1.71. The normalized spacial score (nSPS) is 11.7. The number of rotatable bonds is 3. The number of para-hydroxylation sites is 1. The summed E-state index contributed by atoms with van der Waals surface area (Å²) in [5.41, 5.74) is 1.02. The van der Waals surface area contributed by atoms with Crippen molar-refractivity contribution >= 4 is 28.9 Å². The number of H-pyrrole nitrogens is 1. The maximum Gasteiger partial charge on any atom is 0.413 e. The Morgan fingerprint density at radius 2 is 1.95 bits per heavy atom. The summed E-state index contributed by atoms with van der Waals surface area (Å²) >= 11 is 0. The minimum absolute atomic E-state index is 0.230. The first-order valence-corrected chi connectivity index (χ1v) is 6.19. The Morgan fingerprint density at radius 3 is 2.62 bits per heavy atom. The van der Waals surface area contributed by atoms with Gasteiger partial charge in [-0.25, -0.2) is 9.59 Å². The van der Waals surface area contributed by atoms with Gasteiger partial charge in [-0.15, -0.1) is 0 Å². The first-order valence-electron chi connectivity index (χ1n) is 6.19. The molecule has 0 saturated heterocycles. The van der Waals surface area contributed by atoms with E-state index < -0.39 is 24.1 Å². The number of esters is 1. The SMILES string of the molecule is COC(=O)NC(=O)[C@@H](C)OC(=O)c1cc2ccccc2[nH]1. The first-order chi connectivity index (χ1) is 10.0. The summed E-state index contributed by atoms with van der Waals surface area (Å²) in [4.78, 5) is 37.3. The summed E-state index contributed by atoms with van der Waals surface area (Å²) in [6, 6.07) is 8.97. The molecule has 2 aromatic rings. The summed E-state index contributed by atoms with van der Waals surface area (Å²) in [5, 5.41) is 2.78. The number of carbonyl (C=O) groups excluding carboxylic acids is 3. The molecule has 110 valence electrons. The lowest BCUT2D eigenvalue weighted by Gasteiger charge is -2.11. The third-order valence-electron chi connectivity index (χ3n) is 2.81. The van der Waals surface area contributed by atoms with E-state index in [1.165, 1.54) is 6.92 Å². The molecule has 1 aromatic carbocycles. The van der Waals surface area contributed by atoms with Gasteiger partial charge in [0.25, 0.3) is 5.91 Å². The van der Waals surface area contributed by atoms with Crippen molar-refractivity contribution in [3.8, 4) is 0 Å². The second-order valence-corrected chi connectivity index (χ2v) is 4.30. The van der Waals surface area contributed by atoms with Gasteiger partial charge < -0.3 is 14.5 Å². The van der Waals surface area contributed by atoms with E-state index in [1.807, 2.05) is 29.6 Å². The molecule has 0 aliphatic rings. The number of methoxy groups -OCH3 is 1.